The second-order valence-corrected chi connectivity index (χ2v) is 5.17. The number of amides is 2. The van der Waals surface area contributed by atoms with Gasteiger partial charge in [0.15, 0.2) is 0 Å². The van der Waals surface area contributed by atoms with Crippen LogP contribution in [0.2, 0.25) is 0 Å². The Morgan fingerprint density at radius 2 is 2.24 bits per heavy atom. The van der Waals surface area contributed by atoms with E-state index in [9.17, 15) is 4.79 Å². The quantitative estimate of drug-likeness (QED) is 0.890. The van der Waals surface area contributed by atoms with Gasteiger partial charge < -0.3 is 10.6 Å². The molecule has 1 aliphatic rings. The minimum Gasteiger partial charge on any atom is -0.335 e. The first-order chi connectivity index (χ1) is 10.3. The number of hydrogen-bond donors (Lipinski definition) is 2. The first-order valence-corrected chi connectivity index (χ1v) is 7.17. The van der Waals surface area contributed by atoms with Crippen molar-refractivity contribution in [3.8, 4) is 5.69 Å². The maximum atomic E-state index is 11.8. The summed E-state index contributed by atoms with van der Waals surface area (Å²) in [5.41, 5.74) is 1.55. The smallest absolute Gasteiger partial charge is 0.315 e. The van der Waals surface area contributed by atoms with Gasteiger partial charge in [0.05, 0.1) is 24.6 Å². The summed E-state index contributed by atoms with van der Waals surface area (Å²) >= 11 is 0. The largest absolute Gasteiger partial charge is 0.335 e. The van der Waals surface area contributed by atoms with Gasteiger partial charge in [0.2, 0.25) is 0 Å². The van der Waals surface area contributed by atoms with Crippen LogP contribution in [0.5, 0.6) is 0 Å². The van der Waals surface area contributed by atoms with Crippen LogP contribution in [0, 0.1) is 0 Å². The number of carbonyl (C=O) groups excluding carboxylic acids is 1. The highest BCUT2D eigenvalue weighted by atomic mass is 16.2. The third-order valence-corrected chi connectivity index (χ3v) is 3.57. The van der Waals surface area contributed by atoms with Gasteiger partial charge in [-0.2, -0.15) is 0 Å². The van der Waals surface area contributed by atoms with Crippen LogP contribution in [0.1, 0.15) is 31.4 Å². The van der Waals surface area contributed by atoms with Gasteiger partial charge in [-0.15, -0.1) is 5.10 Å². The van der Waals surface area contributed by atoms with Gasteiger partial charge in [-0.3, -0.25) is 4.98 Å². The zero-order chi connectivity index (χ0) is 14.5. The molecule has 0 aliphatic heterocycles. The lowest BCUT2D eigenvalue weighted by Crippen LogP contribution is -2.40. The van der Waals surface area contributed by atoms with Crippen molar-refractivity contribution in [3.63, 3.8) is 0 Å². The Hall–Kier alpha value is -2.44. The second kappa shape index (κ2) is 6.34. The molecule has 21 heavy (non-hydrogen) atoms. The molecular formula is C14H18N6O. The molecule has 1 aliphatic carbocycles. The fraction of sp³-hybridized carbons (Fsp3) is 0.429. The monoisotopic (exact) mass is 286 g/mol. The van der Waals surface area contributed by atoms with Crippen molar-refractivity contribution < 1.29 is 4.79 Å². The van der Waals surface area contributed by atoms with E-state index in [0.717, 1.165) is 18.5 Å². The maximum Gasteiger partial charge on any atom is 0.315 e. The molecule has 2 amide bonds. The first kappa shape index (κ1) is 13.5. The Labute approximate surface area is 122 Å². The third kappa shape index (κ3) is 3.56. The van der Waals surface area contributed by atoms with E-state index in [4.69, 9.17) is 0 Å². The van der Waals surface area contributed by atoms with Crippen molar-refractivity contribution in [3.05, 3.63) is 36.4 Å². The molecule has 1 fully saturated rings. The fourth-order valence-electron chi connectivity index (χ4n) is 2.47. The van der Waals surface area contributed by atoms with Crippen molar-refractivity contribution in [1.82, 2.24) is 30.6 Å². The van der Waals surface area contributed by atoms with E-state index in [-0.39, 0.29) is 6.03 Å². The summed E-state index contributed by atoms with van der Waals surface area (Å²) in [6, 6.07) is 3.91. The fourth-order valence-corrected chi connectivity index (χ4v) is 2.47. The van der Waals surface area contributed by atoms with E-state index >= 15 is 0 Å². The van der Waals surface area contributed by atoms with Crippen LogP contribution in [-0.2, 0) is 6.54 Å². The molecule has 0 atom stereocenters. The van der Waals surface area contributed by atoms with Gasteiger partial charge in [-0.25, -0.2) is 9.48 Å². The number of nitrogens with zero attached hydrogens (tertiary/aromatic N) is 4. The summed E-state index contributed by atoms with van der Waals surface area (Å²) in [6.07, 6.45) is 9.74. The van der Waals surface area contributed by atoms with E-state index in [1.165, 1.54) is 12.8 Å². The Morgan fingerprint density at radius 1 is 1.38 bits per heavy atom. The van der Waals surface area contributed by atoms with Gasteiger partial charge in [-0.05, 0) is 25.0 Å². The molecule has 0 radical (unpaired) electrons. The molecule has 0 bridgehead atoms. The van der Waals surface area contributed by atoms with Gasteiger partial charge in [-0.1, -0.05) is 18.1 Å². The van der Waals surface area contributed by atoms with Crippen LogP contribution in [0.15, 0.2) is 30.7 Å². The standard InChI is InChI=1S/C14H18N6O/c21-14(17-11-4-1-2-5-11)16-8-12-10-20(19-18-12)13-6-3-7-15-9-13/h3,6-7,9-11H,1-2,4-5,8H2,(H2,16,17,21). The van der Waals surface area contributed by atoms with Crippen LogP contribution in [0.3, 0.4) is 0 Å². The van der Waals surface area contributed by atoms with Gasteiger partial charge in [0.25, 0.3) is 0 Å². The summed E-state index contributed by atoms with van der Waals surface area (Å²) in [7, 11) is 0. The van der Waals surface area contributed by atoms with E-state index in [1.54, 1.807) is 23.3 Å². The van der Waals surface area contributed by atoms with Crippen molar-refractivity contribution >= 4 is 6.03 Å². The summed E-state index contributed by atoms with van der Waals surface area (Å²) < 4.78 is 1.64. The van der Waals surface area contributed by atoms with Crippen LogP contribution < -0.4 is 10.6 Å². The summed E-state index contributed by atoms with van der Waals surface area (Å²) in [4.78, 5) is 15.8. The van der Waals surface area contributed by atoms with Crippen LogP contribution in [-0.4, -0.2) is 32.1 Å². The maximum absolute atomic E-state index is 11.8. The number of carbonyl (C=O) groups is 1. The minimum absolute atomic E-state index is 0.141. The predicted molar refractivity (Wildman–Crippen MR) is 76.8 cm³/mol. The summed E-state index contributed by atoms with van der Waals surface area (Å²) in [6.45, 7) is 0.360. The Morgan fingerprint density at radius 3 is 3.00 bits per heavy atom. The highest BCUT2D eigenvalue weighted by Gasteiger charge is 2.16. The molecular weight excluding hydrogens is 268 g/mol. The van der Waals surface area contributed by atoms with Gasteiger partial charge >= 0.3 is 6.03 Å². The lowest BCUT2D eigenvalue weighted by atomic mass is 10.2. The van der Waals surface area contributed by atoms with Crippen LogP contribution in [0.25, 0.3) is 5.69 Å². The van der Waals surface area contributed by atoms with Crippen molar-refractivity contribution in [2.45, 2.75) is 38.3 Å². The average Bonchev–Trinajstić information content (AvgIpc) is 3.17. The number of nitrogens with one attached hydrogen (secondary N) is 2. The Bertz CT molecular complexity index is 591. The number of pyridine rings is 1. The molecule has 0 aromatic carbocycles. The highest BCUT2D eigenvalue weighted by Crippen LogP contribution is 2.17. The van der Waals surface area contributed by atoms with Crippen LogP contribution >= 0.6 is 0 Å². The number of aromatic nitrogens is 4. The Kier molecular flexibility index (Phi) is 4.09. The van der Waals surface area contributed by atoms with Crippen molar-refractivity contribution in [2.75, 3.05) is 0 Å². The van der Waals surface area contributed by atoms with Crippen molar-refractivity contribution in [1.29, 1.82) is 0 Å². The molecule has 7 heteroatoms. The molecule has 2 N–H and O–H groups in total. The molecule has 0 saturated heterocycles. The molecule has 110 valence electrons. The van der Waals surface area contributed by atoms with Crippen molar-refractivity contribution in [2.24, 2.45) is 0 Å². The lowest BCUT2D eigenvalue weighted by molar-refractivity contribution is 0.236. The Balaban J connectivity index is 1.51. The molecule has 3 rings (SSSR count). The van der Waals surface area contributed by atoms with Gasteiger partial charge in [0.1, 0.15) is 5.69 Å². The van der Waals surface area contributed by atoms with Gasteiger partial charge in [0, 0.05) is 12.2 Å². The summed E-state index contributed by atoms with van der Waals surface area (Å²) in [5, 5.41) is 13.8. The highest BCUT2D eigenvalue weighted by molar-refractivity contribution is 5.74. The minimum atomic E-state index is -0.141. The van der Waals surface area contributed by atoms with E-state index < -0.39 is 0 Å². The van der Waals surface area contributed by atoms with E-state index in [1.807, 2.05) is 12.1 Å². The van der Waals surface area contributed by atoms with E-state index in [2.05, 4.69) is 25.9 Å². The first-order valence-electron chi connectivity index (χ1n) is 7.17. The second-order valence-electron chi connectivity index (χ2n) is 5.17. The number of rotatable bonds is 4. The van der Waals surface area contributed by atoms with Crippen LogP contribution in [0.4, 0.5) is 4.79 Å². The molecule has 2 aromatic rings. The predicted octanol–water partition coefficient (Wildman–Crippen LogP) is 1.40. The third-order valence-electron chi connectivity index (χ3n) is 3.57. The number of urea groups is 1. The average molecular weight is 286 g/mol. The molecule has 2 aromatic heterocycles. The van der Waals surface area contributed by atoms with E-state index in [0.29, 0.717) is 18.3 Å². The molecule has 2 heterocycles. The zero-order valence-corrected chi connectivity index (χ0v) is 11.7. The molecule has 1 saturated carbocycles. The topological polar surface area (TPSA) is 84.7 Å². The molecule has 0 unspecified atom stereocenters. The molecule has 0 spiro atoms. The lowest BCUT2D eigenvalue weighted by Gasteiger charge is -2.11. The number of hydrogen-bond acceptors (Lipinski definition) is 4. The summed E-state index contributed by atoms with van der Waals surface area (Å²) in [5.74, 6) is 0. The molecule has 7 nitrogen and oxygen atoms in total. The zero-order valence-electron chi connectivity index (χ0n) is 11.7. The SMILES string of the molecule is O=C(NCc1cn(-c2cccnc2)nn1)NC1CCCC1. The normalized spacial score (nSPS) is 15.0.